The minimum atomic E-state index is -2.00. The van der Waals surface area contributed by atoms with Crippen LogP contribution in [0.3, 0.4) is 0 Å². The van der Waals surface area contributed by atoms with E-state index < -0.39 is 30.4 Å². The smallest absolute Gasteiger partial charge is 0.324 e. The Morgan fingerprint density at radius 1 is 1.27 bits per heavy atom. The summed E-state index contributed by atoms with van der Waals surface area (Å²) in [4.78, 5) is 20.9. The van der Waals surface area contributed by atoms with Gasteiger partial charge in [0, 0.05) is 0 Å². The lowest BCUT2D eigenvalue weighted by molar-refractivity contribution is -0.161. The number of hydrogen-bond acceptors (Lipinski definition) is 7. The van der Waals surface area contributed by atoms with Crippen LogP contribution in [0.15, 0.2) is 0 Å². The normalized spacial score (nSPS) is 18.7. The average molecular weight is 236 g/mol. The Morgan fingerprint density at radius 2 is 1.80 bits per heavy atom. The van der Waals surface area contributed by atoms with Crippen molar-refractivity contribution in [3.63, 3.8) is 0 Å². The Bertz CT molecular complexity index is 221. The van der Waals surface area contributed by atoms with E-state index in [0.29, 0.717) is 0 Å². The highest BCUT2D eigenvalue weighted by Crippen LogP contribution is 2.05. The van der Waals surface area contributed by atoms with Crippen LogP contribution in [0.1, 0.15) is 0 Å². The van der Waals surface area contributed by atoms with Crippen molar-refractivity contribution in [2.45, 2.75) is 31.0 Å². The van der Waals surface area contributed by atoms with E-state index in [1.807, 2.05) is 0 Å². The van der Waals surface area contributed by atoms with Gasteiger partial charge in [0.25, 0.3) is 0 Å². The summed E-state index contributed by atoms with van der Waals surface area (Å²) in [5, 5.41) is 36.2. The highest BCUT2D eigenvalue weighted by Gasteiger charge is 2.34. The average Bonchev–Trinajstić information content (AvgIpc) is 2.25. The standard InChI is InChI=1S/C7H12O7Si/c1-15-14-7(13)6(12)5(11)4(10)3(9)2-8/h2-6,9-12H,1H3/t3-,4-,5+,6+/m1/s1. The van der Waals surface area contributed by atoms with Crippen molar-refractivity contribution >= 4 is 22.0 Å². The van der Waals surface area contributed by atoms with Crippen LogP contribution in [0, 0.1) is 0 Å². The molecule has 15 heavy (non-hydrogen) atoms. The van der Waals surface area contributed by atoms with Gasteiger partial charge in [-0.05, 0) is 6.55 Å². The zero-order chi connectivity index (χ0) is 12.0. The zero-order valence-corrected chi connectivity index (χ0v) is 8.90. The summed E-state index contributed by atoms with van der Waals surface area (Å²) < 4.78 is 4.39. The van der Waals surface area contributed by atoms with Crippen LogP contribution in [-0.2, 0) is 14.0 Å². The van der Waals surface area contributed by atoms with E-state index in [4.69, 9.17) is 20.4 Å². The quantitative estimate of drug-likeness (QED) is 0.283. The van der Waals surface area contributed by atoms with E-state index in [2.05, 4.69) is 4.43 Å². The second-order valence-electron chi connectivity index (χ2n) is 2.68. The minimum absolute atomic E-state index is 0.0203. The first-order chi connectivity index (χ1) is 6.95. The fourth-order valence-corrected chi connectivity index (χ4v) is 1.09. The maximum Gasteiger partial charge on any atom is 0.324 e. The summed E-state index contributed by atoms with van der Waals surface area (Å²) in [7, 11) is -0.222. The van der Waals surface area contributed by atoms with E-state index in [9.17, 15) is 9.59 Å². The predicted octanol–water partition coefficient (Wildman–Crippen LogP) is -3.16. The maximum absolute atomic E-state index is 10.9. The number of aliphatic hydroxyl groups is 4. The van der Waals surface area contributed by atoms with Crippen molar-refractivity contribution in [1.29, 1.82) is 0 Å². The molecule has 86 valence electrons. The van der Waals surface area contributed by atoms with Gasteiger partial charge in [-0.1, -0.05) is 0 Å². The first-order valence-electron chi connectivity index (χ1n) is 4.00. The van der Waals surface area contributed by atoms with Crippen LogP contribution in [-0.4, -0.2) is 66.9 Å². The van der Waals surface area contributed by atoms with E-state index in [1.165, 1.54) is 6.55 Å². The molecule has 0 aromatic rings. The second kappa shape index (κ2) is 6.64. The third-order valence-corrected chi connectivity index (χ3v) is 2.01. The van der Waals surface area contributed by atoms with Crippen LogP contribution in [0.2, 0.25) is 6.55 Å². The lowest BCUT2D eigenvalue weighted by atomic mass is 10.0. The molecule has 0 aromatic carbocycles. The molecule has 0 aliphatic carbocycles. The molecule has 7 nitrogen and oxygen atoms in total. The van der Waals surface area contributed by atoms with Gasteiger partial charge < -0.3 is 29.6 Å². The van der Waals surface area contributed by atoms with E-state index in [1.54, 1.807) is 0 Å². The molecule has 0 fully saturated rings. The van der Waals surface area contributed by atoms with Crippen LogP contribution in [0.4, 0.5) is 0 Å². The lowest BCUT2D eigenvalue weighted by Crippen LogP contribution is -2.48. The zero-order valence-electron chi connectivity index (χ0n) is 7.90. The van der Waals surface area contributed by atoms with Crippen LogP contribution in [0.25, 0.3) is 0 Å². The number of carbonyl (C=O) groups is 2. The molecular weight excluding hydrogens is 224 g/mol. The predicted molar refractivity (Wildman–Crippen MR) is 47.8 cm³/mol. The molecule has 0 rings (SSSR count). The number of aliphatic hydroxyl groups excluding tert-OH is 4. The summed E-state index contributed by atoms with van der Waals surface area (Å²) in [5.41, 5.74) is 0. The van der Waals surface area contributed by atoms with Crippen molar-refractivity contribution in [2.24, 2.45) is 0 Å². The third-order valence-electron chi connectivity index (χ3n) is 1.61. The molecule has 0 unspecified atom stereocenters. The summed E-state index contributed by atoms with van der Waals surface area (Å²) >= 11 is 0. The van der Waals surface area contributed by atoms with Gasteiger partial charge >= 0.3 is 15.7 Å². The largest absolute Gasteiger partial charge is 0.515 e. The molecule has 0 aromatic heterocycles. The lowest BCUT2D eigenvalue weighted by Gasteiger charge is -2.22. The molecule has 4 atom stereocenters. The topological polar surface area (TPSA) is 124 Å². The molecular formula is C7H12O7Si. The van der Waals surface area contributed by atoms with Gasteiger partial charge in [-0.2, -0.15) is 0 Å². The van der Waals surface area contributed by atoms with Crippen LogP contribution < -0.4 is 0 Å². The first-order valence-corrected chi connectivity index (χ1v) is 5.41. The molecule has 0 aliphatic rings. The Kier molecular flexibility index (Phi) is 6.28. The van der Waals surface area contributed by atoms with Gasteiger partial charge in [0.2, 0.25) is 0 Å². The maximum atomic E-state index is 10.9. The number of carbonyl (C=O) groups excluding carboxylic acids is 2. The van der Waals surface area contributed by atoms with Crippen LogP contribution in [0.5, 0.6) is 0 Å². The van der Waals surface area contributed by atoms with Crippen molar-refractivity contribution in [1.82, 2.24) is 0 Å². The molecule has 0 amide bonds. The van der Waals surface area contributed by atoms with Crippen molar-refractivity contribution in [3.8, 4) is 0 Å². The molecule has 2 radical (unpaired) electrons. The highest BCUT2D eigenvalue weighted by atomic mass is 28.2. The molecule has 0 aliphatic heterocycles. The van der Waals surface area contributed by atoms with Gasteiger partial charge in [-0.25, -0.2) is 0 Å². The second-order valence-corrected chi connectivity index (χ2v) is 3.29. The Hall–Kier alpha value is -0.803. The third kappa shape index (κ3) is 4.06. The Balaban J connectivity index is 4.35. The highest BCUT2D eigenvalue weighted by molar-refractivity contribution is 6.28. The summed E-state index contributed by atoms with van der Waals surface area (Å²) in [5.74, 6) is -1.12. The summed E-state index contributed by atoms with van der Waals surface area (Å²) in [6.45, 7) is 1.52. The van der Waals surface area contributed by atoms with Gasteiger partial charge in [-0.15, -0.1) is 0 Å². The fraction of sp³-hybridized carbons (Fsp3) is 0.714. The Labute approximate surface area is 88.2 Å². The van der Waals surface area contributed by atoms with Crippen molar-refractivity contribution in [3.05, 3.63) is 0 Å². The van der Waals surface area contributed by atoms with Crippen molar-refractivity contribution in [2.75, 3.05) is 0 Å². The van der Waals surface area contributed by atoms with E-state index in [-0.39, 0.29) is 16.0 Å². The first kappa shape index (κ1) is 14.2. The Morgan fingerprint density at radius 3 is 2.20 bits per heavy atom. The van der Waals surface area contributed by atoms with E-state index in [0.717, 1.165) is 0 Å². The molecule has 0 spiro atoms. The molecule has 8 heteroatoms. The number of rotatable bonds is 6. The SMILES string of the molecule is C[Si]OC(=O)[C@@H](O)[C@@H](O)[C@H](O)[C@H](O)C=O. The molecule has 0 heterocycles. The number of hydrogen-bond donors (Lipinski definition) is 4. The molecule has 4 N–H and O–H groups in total. The minimum Gasteiger partial charge on any atom is -0.515 e. The summed E-state index contributed by atoms with van der Waals surface area (Å²) in [6, 6.07) is 0. The molecule has 0 saturated heterocycles. The monoisotopic (exact) mass is 236 g/mol. The van der Waals surface area contributed by atoms with Gasteiger partial charge in [0.1, 0.15) is 18.3 Å². The molecule has 0 saturated carbocycles. The van der Waals surface area contributed by atoms with Crippen LogP contribution >= 0.6 is 0 Å². The van der Waals surface area contributed by atoms with Crippen molar-refractivity contribution < 1.29 is 34.4 Å². The van der Waals surface area contributed by atoms with Gasteiger partial charge in [0.15, 0.2) is 12.4 Å². The fourth-order valence-electron chi connectivity index (χ4n) is 0.770. The summed E-state index contributed by atoms with van der Waals surface area (Å²) in [6.07, 6.45) is -7.80. The van der Waals surface area contributed by atoms with E-state index >= 15 is 0 Å². The number of aldehydes is 1. The van der Waals surface area contributed by atoms with Gasteiger partial charge in [0.05, 0.1) is 0 Å². The molecule has 0 bridgehead atoms. The van der Waals surface area contributed by atoms with Gasteiger partial charge in [-0.3, -0.25) is 4.79 Å².